The largest absolute Gasteiger partial charge is 0.490 e. The summed E-state index contributed by atoms with van der Waals surface area (Å²) in [7, 11) is 0. The standard InChI is InChI=1S/C17H27NO2S/c1-4-18-15(12-21-11-13(2)3)14-6-7-16-17(10-14)20-9-5-8-19-16/h6-7,10,13,15,18H,4-5,8-9,11-12H2,1-3H3. The van der Waals surface area contributed by atoms with Gasteiger partial charge in [-0.3, -0.25) is 0 Å². The second-order valence-corrected chi connectivity index (χ2v) is 6.87. The number of hydrogen-bond donors (Lipinski definition) is 1. The molecule has 0 bridgehead atoms. The van der Waals surface area contributed by atoms with Crippen molar-refractivity contribution in [1.29, 1.82) is 0 Å². The Morgan fingerprint density at radius 3 is 2.62 bits per heavy atom. The van der Waals surface area contributed by atoms with Gasteiger partial charge < -0.3 is 14.8 Å². The van der Waals surface area contributed by atoms with Crippen molar-refractivity contribution in [3.63, 3.8) is 0 Å². The average molecular weight is 309 g/mol. The van der Waals surface area contributed by atoms with Crippen molar-refractivity contribution < 1.29 is 9.47 Å². The highest BCUT2D eigenvalue weighted by atomic mass is 32.2. The highest BCUT2D eigenvalue weighted by Gasteiger charge is 2.16. The van der Waals surface area contributed by atoms with Gasteiger partial charge in [-0.2, -0.15) is 11.8 Å². The van der Waals surface area contributed by atoms with Crippen LogP contribution >= 0.6 is 11.8 Å². The lowest BCUT2D eigenvalue weighted by molar-refractivity contribution is 0.297. The van der Waals surface area contributed by atoms with Crippen molar-refractivity contribution in [3.05, 3.63) is 23.8 Å². The molecule has 0 amide bonds. The van der Waals surface area contributed by atoms with Gasteiger partial charge in [0.2, 0.25) is 0 Å². The van der Waals surface area contributed by atoms with E-state index in [1.54, 1.807) is 0 Å². The molecule has 2 rings (SSSR count). The van der Waals surface area contributed by atoms with Crippen LogP contribution in [-0.2, 0) is 0 Å². The van der Waals surface area contributed by atoms with Crippen LogP contribution in [0.3, 0.4) is 0 Å². The molecule has 4 heteroatoms. The third-order valence-corrected chi connectivity index (χ3v) is 4.83. The summed E-state index contributed by atoms with van der Waals surface area (Å²) in [6.45, 7) is 9.15. The van der Waals surface area contributed by atoms with Crippen LogP contribution in [0.1, 0.15) is 38.8 Å². The Bertz CT molecular complexity index is 437. The van der Waals surface area contributed by atoms with Crippen LogP contribution in [-0.4, -0.2) is 31.3 Å². The molecule has 0 spiro atoms. The maximum atomic E-state index is 5.80. The van der Waals surface area contributed by atoms with Crippen LogP contribution in [0.4, 0.5) is 0 Å². The van der Waals surface area contributed by atoms with Gasteiger partial charge in [0, 0.05) is 18.2 Å². The summed E-state index contributed by atoms with van der Waals surface area (Å²) >= 11 is 2.01. The second-order valence-electron chi connectivity index (χ2n) is 5.80. The van der Waals surface area contributed by atoms with Crippen LogP contribution < -0.4 is 14.8 Å². The van der Waals surface area contributed by atoms with Gasteiger partial charge in [0.15, 0.2) is 11.5 Å². The summed E-state index contributed by atoms with van der Waals surface area (Å²) in [5.41, 5.74) is 1.29. The molecule has 1 aromatic carbocycles. The van der Waals surface area contributed by atoms with Crippen molar-refractivity contribution in [2.24, 2.45) is 5.92 Å². The maximum Gasteiger partial charge on any atom is 0.161 e. The minimum Gasteiger partial charge on any atom is -0.490 e. The molecule has 3 nitrogen and oxygen atoms in total. The maximum absolute atomic E-state index is 5.80. The first-order chi connectivity index (χ1) is 10.2. The summed E-state index contributed by atoms with van der Waals surface area (Å²) in [6, 6.07) is 6.73. The lowest BCUT2D eigenvalue weighted by Gasteiger charge is -2.20. The van der Waals surface area contributed by atoms with E-state index in [9.17, 15) is 0 Å². The zero-order valence-corrected chi connectivity index (χ0v) is 14.2. The molecule has 0 aliphatic carbocycles. The van der Waals surface area contributed by atoms with Gasteiger partial charge in [0.25, 0.3) is 0 Å². The van der Waals surface area contributed by atoms with Gasteiger partial charge in [-0.15, -0.1) is 0 Å². The Labute approximate surface area is 132 Å². The molecule has 118 valence electrons. The van der Waals surface area contributed by atoms with Crippen LogP contribution in [0.25, 0.3) is 0 Å². The molecule has 1 unspecified atom stereocenters. The Hall–Kier alpha value is -0.870. The zero-order chi connectivity index (χ0) is 15.1. The number of nitrogens with one attached hydrogen (secondary N) is 1. The summed E-state index contributed by atoms with van der Waals surface area (Å²) in [4.78, 5) is 0. The van der Waals surface area contributed by atoms with E-state index in [4.69, 9.17) is 9.47 Å². The summed E-state index contributed by atoms with van der Waals surface area (Å²) in [6.07, 6.45) is 0.949. The molecular weight excluding hydrogens is 282 g/mol. The average Bonchev–Trinajstić information content (AvgIpc) is 2.70. The Morgan fingerprint density at radius 2 is 1.90 bits per heavy atom. The van der Waals surface area contributed by atoms with Crippen molar-refractivity contribution in [1.82, 2.24) is 5.32 Å². The van der Waals surface area contributed by atoms with E-state index < -0.39 is 0 Å². The molecule has 1 aliphatic rings. The highest BCUT2D eigenvalue weighted by molar-refractivity contribution is 7.99. The molecule has 0 aromatic heterocycles. The fourth-order valence-electron chi connectivity index (χ4n) is 2.34. The SMILES string of the molecule is CCNC(CSCC(C)C)c1ccc2c(c1)OCCCO2. The number of thioether (sulfide) groups is 1. The van der Waals surface area contributed by atoms with Crippen LogP contribution in [0.5, 0.6) is 11.5 Å². The van der Waals surface area contributed by atoms with Crippen molar-refractivity contribution in [3.8, 4) is 11.5 Å². The first-order valence-electron chi connectivity index (χ1n) is 7.91. The number of benzene rings is 1. The molecular formula is C17H27NO2S. The molecule has 1 N–H and O–H groups in total. The number of fused-ring (bicyclic) bond motifs is 1. The van der Waals surface area contributed by atoms with E-state index in [1.807, 2.05) is 17.8 Å². The highest BCUT2D eigenvalue weighted by Crippen LogP contribution is 2.33. The Morgan fingerprint density at radius 1 is 1.14 bits per heavy atom. The third kappa shape index (κ3) is 5.11. The summed E-state index contributed by atoms with van der Waals surface area (Å²) in [5, 5.41) is 3.58. The predicted molar refractivity (Wildman–Crippen MR) is 90.6 cm³/mol. The quantitative estimate of drug-likeness (QED) is 0.828. The van der Waals surface area contributed by atoms with Crippen molar-refractivity contribution >= 4 is 11.8 Å². The molecule has 21 heavy (non-hydrogen) atoms. The minimum atomic E-state index is 0.371. The monoisotopic (exact) mass is 309 g/mol. The lowest BCUT2D eigenvalue weighted by Crippen LogP contribution is -2.23. The normalized spacial score (nSPS) is 15.8. The van der Waals surface area contributed by atoms with Crippen LogP contribution in [0.2, 0.25) is 0 Å². The van der Waals surface area contributed by atoms with E-state index >= 15 is 0 Å². The molecule has 1 heterocycles. The lowest BCUT2D eigenvalue weighted by atomic mass is 10.1. The van der Waals surface area contributed by atoms with Gasteiger partial charge in [0.1, 0.15) is 0 Å². The van der Waals surface area contributed by atoms with E-state index in [-0.39, 0.29) is 0 Å². The van der Waals surface area contributed by atoms with E-state index in [2.05, 4.69) is 38.2 Å². The Kier molecular flexibility index (Phi) is 6.71. The number of hydrogen-bond acceptors (Lipinski definition) is 4. The van der Waals surface area contributed by atoms with Gasteiger partial charge in [-0.1, -0.05) is 26.8 Å². The van der Waals surface area contributed by atoms with Gasteiger partial charge in [0.05, 0.1) is 13.2 Å². The molecule has 0 saturated heterocycles. The van der Waals surface area contributed by atoms with Crippen molar-refractivity contribution in [2.45, 2.75) is 33.2 Å². The van der Waals surface area contributed by atoms with Crippen LogP contribution in [0.15, 0.2) is 18.2 Å². The van der Waals surface area contributed by atoms with Gasteiger partial charge in [-0.25, -0.2) is 0 Å². The van der Waals surface area contributed by atoms with E-state index in [1.165, 1.54) is 11.3 Å². The third-order valence-electron chi connectivity index (χ3n) is 3.36. The zero-order valence-electron chi connectivity index (χ0n) is 13.4. The summed E-state index contributed by atoms with van der Waals surface area (Å²) < 4.78 is 11.5. The van der Waals surface area contributed by atoms with Crippen molar-refractivity contribution in [2.75, 3.05) is 31.3 Å². The second kappa shape index (κ2) is 8.54. The molecule has 0 fully saturated rings. The van der Waals surface area contributed by atoms with E-state index in [0.29, 0.717) is 6.04 Å². The van der Waals surface area contributed by atoms with Gasteiger partial charge >= 0.3 is 0 Å². The first-order valence-corrected chi connectivity index (χ1v) is 9.06. The molecule has 1 aliphatic heterocycles. The molecule has 1 atom stereocenters. The first kappa shape index (κ1) is 16.5. The minimum absolute atomic E-state index is 0.371. The fourth-order valence-corrected chi connectivity index (χ4v) is 3.49. The number of rotatable bonds is 7. The van der Waals surface area contributed by atoms with E-state index in [0.717, 1.165) is 49.3 Å². The molecule has 0 radical (unpaired) electrons. The van der Waals surface area contributed by atoms with Gasteiger partial charge in [-0.05, 0) is 35.9 Å². The summed E-state index contributed by atoms with van der Waals surface area (Å²) in [5.74, 6) is 4.79. The predicted octanol–water partition coefficient (Wildman–Crippen LogP) is 3.89. The smallest absolute Gasteiger partial charge is 0.161 e. The van der Waals surface area contributed by atoms with Crippen LogP contribution in [0, 0.1) is 5.92 Å². The molecule has 1 aromatic rings. The number of ether oxygens (including phenoxy) is 2. The molecule has 0 saturated carbocycles. The topological polar surface area (TPSA) is 30.5 Å². The Balaban J connectivity index is 2.06. The fraction of sp³-hybridized carbons (Fsp3) is 0.647.